The first-order valence-corrected chi connectivity index (χ1v) is 9.95. The highest BCUT2D eigenvalue weighted by Gasteiger charge is 2.25. The van der Waals surface area contributed by atoms with E-state index in [0.29, 0.717) is 17.5 Å². The van der Waals surface area contributed by atoms with Crippen LogP contribution in [0, 0.1) is 5.92 Å². The van der Waals surface area contributed by atoms with Crippen LogP contribution in [0.5, 0.6) is 0 Å². The van der Waals surface area contributed by atoms with E-state index in [9.17, 15) is 18.3 Å². The molecule has 1 aliphatic rings. The van der Waals surface area contributed by atoms with Crippen LogP contribution < -0.4 is 10.0 Å². The van der Waals surface area contributed by atoms with Gasteiger partial charge in [-0.15, -0.1) is 0 Å². The minimum Gasteiger partial charge on any atom is -0.394 e. The van der Waals surface area contributed by atoms with Crippen LogP contribution in [0.15, 0.2) is 29.2 Å². The topological polar surface area (TPSA) is 95.5 Å². The van der Waals surface area contributed by atoms with Crippen LogP contribution in [0.1, 0.15) is 32.1 Å². The summed E-state index contributed by atoms with van der Waals surface area (Å²) >= 11 is 5.74. The van der Waals surface area contributed by atoms with Crippen LogP contribution in [0.3, 0.4) is 0 Å². The summed E-state index contributed by atoms with van der Waals surface area (Å²) in [6, 6.07) is 4.38. The molecule has 6 nitrogen and oxygen atoms in total. The van der Waals surface area contributed by atoms with Crippen molar-refractivity contribution in [2.24, 2.45) is 5.92 Å². The van der Waals surface area contributed by atoms with Crippen molar-refractivity contribution < 1.29 is 18.3 Å². The van der Waals surface area contributed by atoms with E-state index in [0.717, 1.165) is 25.7 Å². The van der Waals surface area contributed by atoms with Gasteiger partial charge in [0.25, 0.3) is 0 Å². The van der Waals surface area contributed by atoms with Crippen LogP contribution in [0.4, 0.5) is 0 Å². The maximum atomic E-state index is 12.3. The summed E-state index contributed by atoms with van der Waals surface area (Å²) in [5, 5.41) is 12.5. The van der Waals surface area contributed by atoms with E-state index in [1.807, 2.05) is 0 Å². The van der Waals surface area contributed by atoms with Crippen LogP contribution in [-0.4, -0.2) is 38.6 Å². The van der Waals surface area contributed by atoms with Crippen LogP contribution in [0.25, 0.3) is 0 Å². The number of hydrogen-bond donors (Lipinski definition) is 3. The SMILES string of the molecule is O=C(NCC1CCCCC1)[C@H](CO)NS(=O)(=O)c1ccc(Cl)cc1. The first-order valence-electron chi connectivity index (χ1n) is 8.09. The second-order valence-corrected chi connectivity index (χ2v) is 8.21. The molecular weight excluding hydrogens is 352 g/mol. The summed E-state index contributed by atoms with van der Waals surface area (Å²) in [5.74, 6) is -0.0875. The molecule has 0 aromatic heterocycles. The van der Waals surface area contributed by atoms with Gasteiger partial charge in [0.2, 0.25) is 15.9 Å². The van der Waals surface area contributed by atoms with Gasteiger partial charge in [-0.2, -0.15) is 4.72 Å². The van der Waals surface area contributed by atoms with Crippen molar-refractivity contribution in [1.82, 2.24) is 10.0 Å². The third-order valence-corrected chi connectivity index (χ3v) is 5.95. The molecule has 24 heavy (non-hydrogen) atoms. The van der Waals surface area contributed by atoms with Crippen molar-refractivity contribution >= 4 is 27.5 Å². The molecule has 1 aliphatic carbocycles. The Kier molecular flexibility index (Phi) is 7.03. The number of hydrogen-bond acceptors (Lipinski definition) is 4. The molecular formula is C16H23ClN2O4S. The minimum atomic E-state index is -3.91. The van der Waals surface area contributed by atoms with Gasteiger partial charge in [-0.05, 0) is 43.0 Å². The van der Waals surface area contributed by atoms with Crippen LogP contribution in [-0.2, 0) is 14.8 Å². The summed E-state index contributed by atoms with van der Waals surface area (Å²) in [6.07, 6.45) is 5.69. The fraction of sp³-hybridized carbons (Fsp3) is 0.562. The molecule has 1 atom stereocenters. The smallest absolute Gasteiger partial charge is 0.241 e. The Bertz CT molecular complexity index is 643. The highest BCUT2D eigenvalue weighted by Crippen LogP contribution is 2.22. The molecule has 0 spiro atoms. The lowest BCUT2D eigenvalue weighted by Crippen LogP contribution is -2.49. The highest BCUT2D eigenvalue weighted by atomic mass is 35.5. The molecule has 0 radical (unpaired) electrons. The van der Waals surface area contributed by atoms with E-state index >= 15 is 0 Å². The maximum absolute atomic E-state index is 12.3. The number of benzene rings is 1. The molecule has 3 N–H and O–H groups in total. The monoisotopic (exact) mass is 374 g/mol. The lowest BCUT2D eigenvalue weighted by atomic mass is 9.89. The number of aliphatic hydroxyl groups is 1. The third-order valence-electron chi connectivity index (χ3n) is 4.21. The number of nitrogens with one attached hydrogen (secondary N) is 2. The van der Waals surface area contributed by atoms with Gasteiger partial charge < -0.3 is 10.4 Å². The standard InChI is InChI=1S/C16H23ClN2O4S/c17-13-6-8-14(9-7-13)24(22,23)19-15(11-20)16(21)18-10-12-4-2-1-3-5-12/h6-9,12,15,19-20H,1-5,10-11H2,(H,18,21)/t15-/m0/s1. The summed E-state index contributed by atoms with van der Waals surface area (Å²) in [5.41, 5.74) is 0. The highest BCUT2D eigenvalue weighted by molar-refractivity contribution is 7.89. The van der Waals surface area contributed by atoms with Gasteiger partial charge in [0.1, 0.15) is 6.04 Å². The van der Waals surface area contributed by atoms with E-state index < -0.39 is 28.6 Å². The molecule has 8 heteroatoms. The maximum Gasteiger partial charge on any atom is 0.241 e. The summed E-state index contributed by atoms with van der Waals surface area (Å²) in [4.78, 5) is 12.2. The molecule has 1 aromatic carbocycles. The lowest BCUT2D eigenvalue weighted by molar-refractivity contribution is -0.123. The minimum absolute atomic E-state index is 0.00886. The van der Waals surface area contributed by atoms with Gasteiger partial charge in [-0.1, -0.05) is 30.9 Å². The largest absolute Gasteiger partial charge is 0.394 e. The fourth-order valence-corrected chi connectivity index (χ4v) is 4.11. The molecule has 0 saturated heterocycles. The molecule has 0 aliphatic heterocycles. The number of amides is 1. The second-order valence-electron chi connectivity index (χ2n) is 6.06. The van der Waals surface area contributed by atoms with E-state index in [4.69, 9.17) is 11.6 Å². The number of sulfonamides is 1. The van der Waals surface area contributed by atoms with E-state index in [1.54, 1.807) is 0 Å². The van der Waals surface area contributed by atoms with Crippen molar-refractivity contribution in [3.05, 3.63) is 29.3 Å². The molecule has 1 amide bonds. The zero-order valence-electron chi connectivity index (χ0n) is 13.4. The van der Waals surface area contributed by atoms with Gasteiger partial charge in [0.15, 0.2) is 0 Å². The Morgan fingerprint density at radius 3 is 2.42 bits per heavy atom. The van der Waals surface area contributed by atoms with Gasteiger partial charge >= 0.3 is 0 Å². The molecule has 0 unspecified atom stereocenters. The Morgan fingerprint density at radius 1 is 1.21 bits per heavy atom. The van der Waals surface area contributed by atoms with Gasteiger partial charge in [-0.3, -0.25) is 4.79 Å². The normalized spacial score (nSPS) is 17.4. The number of aliphatic hydroxyl groups excluding tert-OH is 1. The fourth-order valence-electron chi connectivity index (χ4n) is 2.80. The van der Waals surface area contributed by atoms with Crippen LogP contribution >= 0.6 is 11.6 Å². The molecule has 0 bridgehead atoms. The number of carbonyl (C=O) groups is 1. The zero-order chi connectivity index (χ0) is 17.6. The Morgan fingerprint density at radius 2 is 1.83 bits per heavy atom. The van der Waals surface area contributed by atoms with E-state index in [-0.39, 0.29) is 4.90 Å². The summed E-state index contributed by atoms with van der Waals surface area (Å²) < 4.78 is 26.8. The first-order chi connectivity index (χ1) is 11.4. The zero-order valence-corrected chi connectivity index (χ0v) is 14.9. The van der Waals surface area contributed by atoms with Gasteiger partial charge in [-0.25, -0.2) is 8.42 Å². The quantitative estimate of drug-likeness (QED) is 0.676. The summed E-state index contributed by atoms with van der Waals surface area (Å²) in [7, 11) is -3.91. The lowest BCUT2D eigenvalue weighted by Gasteiger charge is -2.23. The average Bonchev–Trinajstić information content (AvgIpc) is 2.59. The number of carbonyl (C=O) groups excluding carboxylic acids is 1. The van der Waals surface area contributed by atoms with E-state index in [1.165, 1.54) is 30.7 Å². The van der Waals surface area contributed by atoms with Crippen molar-refractivity contribution in [2.45, 2.75) is 43.0 Å². The molecule has 0 heterocycles. The molecule has 1 aromatic rings. The van der Waals surface area contributed by atoms with Gasteiger partial charge in [0.05, 0.1) is 11.5 Å². The van der Waals surface area contributed by atoms with Gasteiger partial charge in [0, 0.05) is 11.6 Å². The predicted molar refractivity (Wildman–Crippen MR) is 92.2 cm³/mol. The average molecular weight is 375 g/mol. The van der Waals surface area contributed by atoms with Crippen molar-refractivity contribution in [1.29, 1.82) is 0 Å². The third kappa shape index (κ3) is 5.44. The molecule has 2 rings (SSSR count). The molecule has 1 fully saturated rings. The first kappa shape index (κ1) is 19.2. The number of halogens is 1. The van der Waals surface area contributed by atoms with Crippen molar-refractivity contribution in [3.63, 3.8) is 0 Å². The number of rotatable bonds is 7. The molecule has 1 saturated carbocycles. The van der Waals surface area contributed by atoms with Crippen molar-refractivity contribution in [3.8, 4) is 0 Å². The molecule has 134 valence electrons. The Labute approximate surface area is 147 Å². The predicted octanol–water partition coefficient (Wildman–Crippen LogP) is 1.68. The second kappa shape index (κ2) is 8.80. The summed E-state index contributed by atoms with van der Waals surface area (Å²) in [6.45, 7) is -0.0959. The Hall–Kier alpha value is -1.15. The van der Waals surface area contributed by atoms with Crippen LogP contribution in [0.2, 0.25) is 5.02 Å². The Balaban J connectivity index is 1.94. The van der Waals surface area contributed by atoms with Crippen molar-refractivity contribution in [2.75, 3.05) is 13.2 Å². The van der Waals surface area contributed by atoms with E-state index in [2.05, 4.69) is 10.0 Å².